The fourth-order valence-electron chi connectivity index (χ4n) is 1.99. The first-order valence-corrected chi connectivity index (χ1v) is 7.28. The molecular formula is C17H15N3O5. The van der Waals surface area contributed by atoms with E-state index >= 15 is 0 Å². The molecule has 0 radical (unpaired) electrons. The maximum absolute atomic E-state index is 11.9. The molecule has 0 aliphatic heterocycles. The highest BCUT2D eigenvalue weighted by molar-refractivity contribution is 6.01. The van der Waals surface area contributed by atoms with Crippen LogP contribution >= 0.6 is 0 Å². The molecule has 2 rings (SSSR count). The fourth-order valence-corrected chi connectivity index (χ4v) is 1.99. The second kappa shape index (κ2) is 8.42. The number of methoxy groups -OCH3 is 1. The zero-order valence-corrected chi connectivity index (χ0v) is 13.4. The van der Waals surface area contributed by atoms with Crippen LogP contribution in [-0.4, -0.2) is 31.1 Å². The van der Waals surface area contributed by atoms with Crippen LogP contribution in [0.3, 0.4) is 0 Å². The lowest BCUT2D eigenvalue weighted by atomic mass is 10.1. The van der Waals surface area contributed by atoms with Crippen molar-refractivity contribution in [2.75, 3.05) is 20.3 Å². The van der Waals surface area contributed by atoms with Crippen LogP contribution in [-0.2, 0) is 9.53 Å². The smallest absolute Gasteiger partial charge is 0.269 e. The minimum Gasteiger partial charge on any atom is -0.457 e. The fraction of sp³-hybridized carbons (Fsp3) is 0.176. The lowest BCUT2D eigenvalue weighted by molar-refractivity contribution is -0.384. The second-order valence-electron chi connectivity index (χ2n) is 4.92. The number of ether oxygens (including phenoxy) is 1. The molecule has 8 nitrogen and oxygen atoms in total. The average molecular weight is 341 g/mol. The van der Waals surface area contributed by atoms with Crippen LogP contribution < -0.4 is 5.32 Å². The number of hydrogen-bond donors (Lipinski definition) is 1. The third kappa shape index (κ3) is 4.76. The number of amides is 1. The van der Waals surface area contributed by atoms with E-state index in [1.54, 1.807) is 24.3 Å². The van der Waals surface area contributed by atoms with Gasteiger partial charge in [0.15, 0.2) is 0 Å². The average Bonchev–Trinajstić information content (AvgIpc) is 3.08. The summed E-state index contributed by atoms with van der Waals surface area (Å²) in [4.78, 5) is 22.0. The van der Waals surface area contributed by atoms with Gasteiger partial charge in [-0.05, 0) is 24.3 Å². The quantitative estimate of drug-likeness (QED) is 0.272. The van der Waals surface area contributed by atoms with Gasteiger partial charge in [-0.25, -0.2) is 0 Å². The van der Waals surface area contributed by atoms with E-state index in [1.165, 1.54) is 25.3 Å². The van der Waals surface area contributed by atoms with E-state index in [9.17, 15) is 14.9 Å². The Balaban J connectivity index is 2.15. The molecule has 1 heterocycles. The second-order valence-corrected chi connectivity index (χ2v) is 4.92. The van der Waals surface area contributed by atoms with Crippen molar-refractivity contribution < 1.29 is 18.9 Å². The summed E-state index contributed by atoms with van der Waals surface area (Å²) in [5, 5.41) is 22.3. The number of benzene rings is 1. The van der Waals surface area contributed by atoms with Crippen molar-refractivity contribution in [2.45, 2.75) is 0 Å². The van der Waals surface area contributed by atoms with Gasteiger partial charge < -0.3 is 14.5 Å². The molecule has 0 spiro atoms. The Morgan fingerprint density at radius 2 is 2.08 bits per heavy atom. The lowest BCUT2D eigenvalue weighted by Gasteiger charge is -2.02. The molecule has 1 N–H and O–H groups in total. The van der Waals surface area contributed by atoms with Crippen molar-refractivity contribution in [1.82, 2.24) is 5.32 Å². The third-order valence-electron chi connectivity index (χ3n) is 3.23. The van der Waals surface area contributed by atoms with Gasteiger partial charge in [-0.1, -0.05) is 0 Å². The summed E-state index contributed by atoms with van der Waals surface area (Å²) < 4.78 is 10.4. The summed E-state index contributed by atoms with van der Waals surface area (Å²) in [5.74, 6) is 0.276. The highest BCUT2D eigenvalue weighted by atomic mass is 16.6. The molecule has 2 aromatic rings. The Morgan fingerprint density at radius 1 is 1.36 bits per heavy atom. The van der Waals surface area contributed by atoms with Crippen molar-refractivity contribution in [3.8, 4) is 17.4 Å². The van der Waals surface area contributed by atoms with E-state index in [-0.39, 0.29) is 11.3 Å². The molecular weight excluding hydrogens is 326 g/mol. The summed E-state index contributed by atoms with van der Waals surface area (Å²) in [6, 6.07) is 11.0. The van der Waals surface area contributed by atoms with E-state index in [2.05, 4.69) is 5.32 Å². The molecule has 0 unspecified atom stereocenters. The van der Waals surface area contributed by atoms with Crippen molar-refractivity contribution in [2.24, 2.45) is 0 Å². The predicted molar refractivity (Wildman–Crippen MR) is 89.3 cm³/mol. The molecule has 0 saturated carbocycles. The predicted octanol–water partition coefficient (Wildman–Crippen LogP) is 2.52. The minimum absolute atomic E-state index is 0.0186. The third-order valence-corrected chi connectivity index (χ3v) is 3.23. The van der Waals surface area contributed by atoms with Gasteiger partial charge in [0.25, 0.3) is 11.6 Å². The molecule has 0 aliphatic rings. The number of nitro groups is 1. The van der Waals surface area contributed by atoms with Crippen LogP contribution in [0.1, 0.15) is 5.76 Å². The molecule has 1 aromatic carbocycles. The number of carbonyl (C=O) groups is 1. The van der Waals surface area contributed by atoms with Gasteiger partial charge in [0, 0.05) is 37.4 Å². The van der Waals surface area contributed by atoms with E-state index in [4.69, 9.17) is 14.4 Å². The summed E-state index contributed by atoms with van der Waals surface area (Å²) in [6.45, 7) is 0.635. The summed E-state index contributed by atoms with van der Waals surface area (Å²) >= 11 is 0. The lowest BCUT2D eigenvalue weighted by Crippen LogP contribution is -2.27. The van der Waals surface area contributed by atoms with E-state index < -0.39 is 10.8 Å². The first kappa shape index (κ1) is 17.9. The number of carbonyl (C=O) groups excluding carboxylic acids is 1. The topological polar surface area (TPSA) is 118 Å². The molecule has 1 aromatic heterocycles. The van der Waals surface area contributed by atoms with Crippen molar-refractivity contribution >= 4 is 17.7 Å². The summed E-state index contributed by atoms with van der Waals surface area (Å²) in [7, 11) is 1.51. The number of furan rings is 1. The minimum atomic E-state index is -0.521. The van der Waals surface area contributed by atoms with Crippen LogP contribution in [0.25, 0.3) is 17.4 Å². The molecule has 0 atom stereocenters. The van der Waals surface area contributed by atoms with Gasteiger partial charge in [-0.2, -0.15) is 5.26 Å². The van der Waals surface area contributed by atoms with Crippen molar-refractivity contribution in [1.29, 1.82) is 5.26 Å². The zero-order chi connectivity index (χ0) is 18.2. The Bertz CT molecular complexity index is 831. The molecule has 25 heavy (non-hydrogen) atoms. The van der Waals surface area contributed by atoms with Crippen LogP contribution in [0.2, 0.25) is 0 Å². The number of nitro benzene ring substituents is 1. The van der Waals surface area contributed by atoms with Crippen molar-refractivity contribution in [3.63, 3.8) is 0 Å². The molecule has 0 bridgehead atoms. The number of nitrogens with zero attached hydrogens (tertiary/aromatic N) is 2. The van der Waals surface area contributed by atoms with Gasteiger partial charge in [0.1, 0.15) is 23.2 Å². The molecule has 128 valence electrons. The maximum Gasteiger partial charge on any atom is 0.269 e. The number of nitriles is 1. The monoisotopic (exact) mass is 341 g/mol. The van der Waals surface area contributed by atoms with Gasteiger partial charge in [0.2, 0.25) is 0 Å². The Hall–Kier alpha value is -3.44. The van der Waals surface area contributed by atoms with Crippen molar-refractivity contribution in [3.05, 3.63) is 57.8 Å². The van der Waals surface area contributed by atoms with Gasteiger partial charge >= 0.3 is 0 Å². The zero-order valence-electron chi connectivity index (χ0n) is 13.4. The van der Waals surface area contributed by atoms with E-state index in [1.807, 2.05) is 6.07 Å². The molecule has 0 fully saturated rings. The van der Waals surface area contributed by atoms with E-state index in [0.29, 0.717) is 30.2 Å². The Labute approximate surface area is 143 Å². The largest absolute Gasteiger partial charge is 0.457 e. The van der Waals surface area contributed by atoms with Crippen LogP contribution in [0, 0.1) is 21.4 Å². The number of non-ortho nitro benzene ring substituents is 1. The van der Waals surface area contributed by atoms with Crippen LogP contribution in [0.15, 0.2) is 46.4 Å². The highest BCUT2D eigenvalue weighted by Gasteiger charge is 2.11. The van der Waals surface area contributed by atoms with E-state index in [0.717, 1.165) is 0 Å². The normalized spacial score (nSPS) is 11.0. The molecule has 1 amide bonds. The van der Waals surface area contributed by atoms with Crippen LogP contribution in [0.4, 0.5) is 5.69 Å². The number of hydrogen-bond acceptors (Lipinski definition) is 6. The maximum atomic E-state index is 11.9. The summed E-state index contributed by atoms with van der Waals surface area (Å²) in [6.07, 6.45) is 1.33. The highest BCUT2D eigenvalue weighted by Crippen LogP contribution is 2.25. The van der Waals surface area contributed by atoms with Crippen LogP contribution in [0.5, 0.6) is 0 Å². The number of rotatable bonds is 7. The van der Waals surface area contributed by atoms with Gasteiger partial charge in [-0.15, -0.1) is 0 Å². The summed E-state index contributed by atoms with van der Waals surface area (Å²) in [5.41, 5.74) is 0.531. The first-order chi connectivity index (χ1) is 12.0. The number of nitrogens with one attached hydrogen (secondary N) is 1. The molecule has 0 saturated heterocycles. The SMILES string of the molecule is COCCNC(=O)/C(C#N)=C/c1ccc(-c2ccc([N+](=O)[O-])cc2)o1. The first-order valence-electron chi connectivity index (χ1n) is 7.28. The molecule has 8 heteroatoms. The van der Waals surface area contributed by atoms with Gasteiger partial charge in [0.05, 0.1) is 11.5 Å². The van der Waals surface area contributed by atoms with Gasteiger partial charge in [-0.3, -0.25) is 14.9 Å². The Morgan fingerprint density at radius 3 is 2.68 bits per heavy atom. The molecule has 0 aliphatic carbocycles. The Kier molecular flexibility index (Phi) is 6.03. The standard InChI is InChI=1S/C17H15N3O5/c1-24-9-8-19-17(21)13(11-18)10-15-6-7-16(25-15)12-2-4-14(5-3-12)20(22)23/h2-7,10H,8-9H2,1H3,(H,19,21)/b13-10+.